The van der Waals surface area contributed by atoms with Crippen LogP contribution in [-0.2, 0) is 0 Å². The van der Waals surface area contributed by atoms with Crippen LogP contribution in [0.2, 0.25) is 0 Å². The van der Waals surface area contributed by atoms with Gasteiger partial charge in [0.15, 0.2) is 0 Å². The summed E-state index contributed by atoms with van der Waals surface area (Å²) in [4.78, 5) is 16.7. The van der Waals surface area contributed by atoms with Gasteiger partial charge in [0.2, 0.25) is 0 Å². The number of nitrogens with one attached hydrogen (secondary N) is 1. The van der Waals surface area contributed by atoms with Crippen molar-refractivity contribution >= 4 is 5.91 Å². The zero-order valence-corrected chi connectivity index (χ0v) is 14.9. The number of piperidine rings is 1. The Labute approximate surface area is 150 Å². The molecule has 0 aromatic heterocycles. The Morgan fingerprint density at radius 1 is 1.08 bits per heavy atom. The number of carbonyl (C=O) groups excluding carboxylic acids is 1. The van der Waals surface area contributed by atoms with E-state index in [9.17, 15) is 4.79 Å². The number of aliphatic hydroxyl groups excluding tert-OH is 2. The average molecular weight is 349 g/mol. The van der Waals surface area contributed by atoms with Gasteiger partial charge in [0.05, 0.1) is 13.2 Å². The van der Waals surface area contributed by atoms with Gasteiger partial charge >= 0.3 is 0 Å². The number of hydrogen-bond acceptors (Lipinski definition) is 5. The zero-order chi connectivity index (χ0) is 17.9. The lowest BCUT2D eigenvalue weighted by molar-refractivity contribution is 0.0908. The van der Waals surface area contributed by atoms with E-state index in [2.05, 4.69) is 15.1 Å². The summed E-state index contributed by atoms with van der Waals surface area (Å²) in [5, 5.41) is 21.2. The van der Waals surface area contributed by atoms with Crippen LogP contribution in [-0.4, -0.2) is 84.4 Å². The van der Waals surface area contributed by atoms with Crippen LogP contribution >= 0.6 is 0 Å². The van der Waals surface area contributed by atoms with Gasteiger partial charge in [-0.1, -0.05) is 18.2 Å². The molecular formula is C19H31N3O3. The van der Waals surface area contributed by atoms with Crippen LogP contribution in [0.4, 0.5) is 0 Å². The maximum absolute atomic E-state index is 12.2. The molecule has 1 fully saturated rings. The van der Waals surface area contributed by atoms with Gasteiger partial charge in [-0.25, -0.2) is 0 Å². The molecule has 0 saturated carbocycles. The first-order valence-electron chi connectivity index (χ1n) is 9.25. The Bertz CT molecular complexity index is 484. The summed E-state index contributed by atoms with van der Waals surface area (Å²) < 4.78 is 0. The maximum Gasteiger partial charge on any atom is 0.251 e. The van der Waals surface area contributed by atoms with E-state index in [1.165, 1.54) is 0 Å². The van der Waals surface area contributed by atoms with E-state index in [-0.39, 0.29) is 25.2 Å². The van der Waals surface area contributed by atoms with Crippen LogP contribution in [0.5, 0.6) is 0 Å². The SMILES string of the molecule is O=C(NC1CCN(CCCN(CCO)CCO)CC1)c1ccccc1. The molecule has 1 aromatic rings. The number of rotatable bonds is 10. The molecule has 1 aliphatic rings. The number of carbonyl (C=O) groups is 1. The molecule has 1 saturated heterocycles. The van der Waals surface area contributed by atoms with E-state index >= 15 is 0 Å². The van der Waals surface area contributed by atoms with Crippen molar-refractivity contribution < 1.29 is 15.0 Å². The molecule has 25 heavy (non-hydrogen) atoms. The van der Waals surface area contributed by atoms with Crippen LogP contribution in [0, 0.1) is 0 Å². The van der Waals surface area contributed by atoms with Gasteiger partial charge < -0.3 is 20.4 Å². The second-order valence-electron chi connectivity index (χ2n) is 6.60. The fourth-order valence-corrected chi connectivity index (χ4v) is 3.30. The summed E-state index contributed by atoms with van der Waals surface area (Å²) in [6.45, 7) is 5.42. The summed E-state index contributed by atoms with van der Waals surface area (Å²) in [5.41, 5.74) is 0.720. The Morgan fingerprint density at radius 2 is 1.72 bits per heavy atom. The number of benzene rings is 1. The molecule has 140 valence electrons. The fraction of sp³-hybridized carbons (Fsp3) is 0.632. The third kappa shape index (κ3) is 7.12. The van der Waals surface area contributed by atoms with Gasteiger partial charge in [-0.05, 0) is 44.5 Å². The third-order valence-corrected chi connectivity index (χ3v) is 4.74. The summed E-state index contributed by atoms with van der Waals surface area (Å²) in [6.07, 6.45) is 2.99. The lowest BCUT2D eigenvalue weighted by Crippen LogP contribution is -2.45. The van der Waals surface area contributed by atoms with Crippen LogP contribution in [0.3, 0.4) is 0 Å². The molecule has 1 aliphatic heterocycles. The van der Waals surface area contributed by atoms with Gasteiger partial charge in [0.25, 0.3) is 5.91 Å². The van der Waals surface area contributed by atoms with Crippen LogP contribution < -0.4 is 5.32 Å². The van der Waals surface area contributed by atoms with Gasteiger partial charge in [-0.3, -0.25) is 9.69 Å². The molecule has 0 unspecified atom stereocenters. The molecule has 6 nitrogen and oxygen atoms in total. The number of nitrogens with zero attached hydrogens (tertiary/aromatic N) is 2. The van der Waals surface area contributed by atoms with E-state index in [0.29, 0.717) is 13.1 Å². The van der Waals surface area contributed by atoms with Crippen molar-refractivity contribution in [2.24, 2.45) is 0 Å². The van der Waals surface area contributed by atoms with Gasteiger partial charge in [0, 0.05) is 37.8 Å². The normalized spacial score (nSPS) is 16.3. The minimum absolute atomic E-state index is 0.0164. The van der Waals surface area contributed by atoms with E-state index in [4.69, 9.17) is 10.2 Å². The quantitative estimate of drug-likeness (QED) is 0.575. The molecule has 0 spiro atoms. The molecule has 0 atom stereocenters. The number of aliphatic hydroxyl groups is 2. The molecule has 1 heterocycles. The van der Waals surface area contributed by atoms with Crippen LogP contribution in [0.15, 0.2) is 30.3 Å². The van der Waals surface area contributed by atoms with E-state index in [0.717, 1.165) is 51.0 Å². The third-order valence-electron chi connectivity index (χ3n) is 4.74. The number of amides is 1. The summed E-state index contributed by atoms with van der Waals surface area (Å²) in [7, 11) is 0. The van der Waals surface area contributed by atoms with Crippen molar-refractivity contribution in [2.75, 3.05) is 52.5 Å². The molecule has 0 aliphatic carbocycles. The minimum Gasteiger partial charge on any atom is -0.395 e. The second-order valence-corrected chi connectivity index (χ2v) is 6.60. The highest BCUT2D eigenvalue weighted by atomic mass is 16.3. The van der Waals surface area contributed by atoms with Crippen molar-refractivity contribution in [3.63, 3.8) is 0 Å². The molecule has 2 rings (SSSR count). The highest BCUT2D eigenvalue weighted by Crippen LogP contribution is 2.12. The highest BCUT2D eigenvalue weighted by molar-refractivity contribution is 5.94. The smallest absolute Gasteiger partial charge is 0.251 e. The molecule has 1 amide bonds. The highest BCUT2D eigenvalue weighted by Gasteiger charge is 2.20. The van der Waals surface area contributed by atoms with Crippen molar-refractivity contribution in [1.82, 2.24) is 15.1 Å². The zero-order valence-electron chi connectivity index (χ0n) is 14.9. The average Bonchev–Trinajstić information content (AvgIpc) is 2.64. The standard InChI is InChI=1S/C19H31N3O3/c23-15-13-22(14-16-24)10-4-9-21-11-7-18(8-12-21)20-19(25)17-5-2-1-3-6-17/h1-3,5-6,18,23-24H,4,7-16H2,(H,20,25). The predicted molar refractivity (Wildman–Crippen MR) is 98.6 cm³/mol. The largest absolute Gasteiger partial charge is 0.395 e. The van der Waals surface area contributed by atoms with Crippen LogP contribution in [0.25, 0.3) is 0 Å². The van der Waals surface area contributed by atoms with Crippen LogP contribution in [0.1, 0.15) is 29.6 Å². The van der Waals surface area contributed by atoms with E-state index < -0.39 is 0 Å². The molecule has 6 heteroatoms. The number of hydrogen-bond donors (Lipinski definition) is 3. The Morgan fingerprint density at radius 3 is 2.32 bits per heavy atom. The summed E-state index contributed by atoms with van der Waals surface area (Å²) in [5.74, 6) is 0.0164. The molecular weight excluding hydrogens is 318 g/mol. The van der Waals surface area contributed by atoms with Gasteiger partial charge in [0.1, 0.15) is 0 Å². The first kappa shape index (κ1) is 19.8. The summed E-state index contributed by atoms with van der Waals surface area (Å²) in [6, 6.07) is 9.62. The van der Waals surface area contributed by atoms with E-state index in [1.54, 1.807) is 0 Å². The lowest BCUT2D eigenvalue weighted by atomic mass is 10.0. The fourth-order valence-electron chi connectivity index (χ4n) is 3.30. The lowest BCUT2D eigenvalue weighted by Gasteiger charge is -2.33. The van der Waals surface area contributed by atoms with Gasteiger partial charge in [-0.15, -0.1) is 0 Å². The Kier molecular flexibility index (Phi) is 8.90. The maximum atomic E-state index is 12.2. The monoisotopic (exact) mass is 349 g/mol. The van der Waals surface area contributed by atoms with Crippen molar-refractivity contribution in [2.45, 2.75) is 25.3 Å². The summed E-state index contributed by atoms with van der Waals surface area (Å²) >= 11 is 0. The van der Waals surface area contributed by atoms with Crippen molar-refractivity contribution in [3.8, 4) is 0 Å². The Balaban J connectivity index is 1.63. The molecule has 0 radical (unpaired) electrons. The van der Waals surface area contributed by atoms with Gasteiger partial charge in [-0.2, -0.15) is 0 Å². The number of likely N-dealkylation sites (tertiary alicyclic amines) is 1. The minimum atomic E-state index is 0.0164. The molecule has 1 aromatic carbocycles. The second kappa shape index (κ2) is 11.2. The topological polar surface area (TPSA) is 76.0 Å². The first-order chi connectivity index (χ1) is 12.2. The molecule has 3 N–H and O–H groups in total. The Hall–Kier alpha value is -1.47. The first-order valence-corrected chi connectivity index (χ1v) is 9.25. The van der Waals surface area contributed by atoms with Crippen molar-refractivity contribution in [1.29, 1.82) is 0 Å². The molecule has 0 bridgehead atoms. The van der Waals surface area contributed by atoms with Crippen molar-refractivity contribution in [3.05, 3.63) is 35.9 Å². The predicted octanol–water partition coefficient (Wildman–Crippen LogP) is 0.558. The van der Waals surface area contributed by atoms with E-state index in [1.807, 2.05) is 30.3 Å².